The summed E-state index contributed by atoms with van der Waals surface area (Å²) in [5, 5.41) is 3.39. The molecule has 1 aromatic rings. The monoisotopic (exact) mass is 264 g/mol. The number of nitrogens with zero attached hydrogens (tertiary/aromatic N) is 1. The lowest BCUT2D eigenvalue weighted by Crippen LogP contribution is -2.30. The molecule has 0 amide bonds. The van der Waals surface area contributed by atoms with Gasteiger partial charge in [-0.25, -0.2) is 0 Å². The summed E-state index contributed by atoms with van der Waals surface area (Å²) in [4.78, 5) is 5.93. The van der Waals surface area contributed by atoms with E-state index in [-0.39, 0.29) is 0 Å². The van der Waals surface area contributed by atoms with Crippen molar-refractivity contribution in [2.45, 2.75) is 44.7 Å². The van der Waals surface area contributed by atoms with E-state index in [1.54, 1.807) is 4.88 Å². The topological polar surface area (TPSA) is 15.3 Å². The minimum absolute atomic E-state index is 0.690. The third kappa shape index (κ3) is 2.36. The molecule has 1 saturated heterocycles. The van der Waals surface area contributed by atoms with E-state index in [0.717, 1.165) is 18.5 Å². The molecule has 2 heterocycles. The van der Waals surface area contributed by atoms with Gasteiger partial charge in [0.2, 0.25) is 0 Å². The van der Waals surface area contributed by atoms with E-state index in [4.69, 9.17) is 0 Å². The summed E-state index contributed by atoms with van der Waals surface area (Å²) < 4.78 is 0. The van der Waals surface area contributed by atoms with Gasteiger partial charge in [-0.15, -0.1) is 11.3 Å². The van der Waals surface area contributed by atoms with Gasteiger partial charge in [-0.1, -0.05) is 6.92 Å². The average Bonchev–Trinajstić information content (AvgIpc) is 2.98. The van der Waals surface area contributed by atoms with Crippen LogP contribution >= 0.6 is 11.3 Å². The predicted octanol–water partition coefficient (Wildman–Crippen LogP) is 3.06. The Kier molecular flexibility index (Phi) is 3.73. The highest BCUT2D eigenvalue weighted by atomic mass is 32.1. The van der Waals surface area contributed by atoms with Gasteiger partial charge in [0, 0.05) is 21.8 Å². The van der Waals surface area contributed by atoms with Crippen molar-refractivity contribution < 1.29 is 0 Å². The quantitative estimate of drug-likeness (QED) is 0.879. The maximum atomic E-state index is 3.39. The van der Waals surface area contributed by atoms with Gasteiger partial charge in [-0.2, -0.15) is 0 Å². The SMILES string of the molecule is CCc1ccc(C2C(CNC)CCN2C2CC2)s1. The average molecular weight is 264 g/mol. The smallest absolute Gasteiger partial charge is 0.0485 e. The van der Waals surface area contributed by atoms with Crippen LogP contribution in [-0.4, -0.2) is 31.1 Å². The summed E-state index contributed by atoms with van der Waals surface area (Å²) >= 11 is 2.04. The van der Waals surface area contributed by atoms with Gasteiger partial charge in [-0.05, 0) is 63.9 Å². The van der Waals surface area contributed by atoms with Crippen molar-refractivity contribution in [2.24, 2.45) is 5.92 Å². The maximum absolute atomic E-state index is 3.39. The molecule has 2 aliphatic rings. The second-order valence-electron chi connectivity index (χ2n) is 5.68. The van der Waals surface area contributed by atoms with E-state index in [2.05, 4.69) is 36.3 Å². The summed E-state index contributed by atoms with van der Waals surface area (Å²) in [5.74, 6) is 0.805. The van der Waals surface area contributed by atoms with Gasteiger partial charge < -0.3 is 5.32 Å². The molecule has 1 saturated carbocycles. The highest BCUT2D eigenvalue weighted by Gasteiger charge is 2.42. The summed E-state index contributed by atoms with van der Waals surface area (Å²) in [6, 6.07) is 6.30. The molecule has 0 aromatic carbocycles. The molecule has 2 unspecified atom stereocenters. The molecule has 3 rings (SSSR count). The van der Waals surface area contributed by atoms with Crippen LogP contribution < -0.4 is 5.32 Å². The lowest BCUT2D eigenvalue weighted by atomic mass is 9.99. The molecule has 1 aromatic heterocycles. The first-order valence-electron chi connectivity index (χ1n) is 7.32. The number of aryl methyl sites for hydroxylation is 1. The Balaban J connectivity index is 1.82. The highest BCUT2D eigenvalue weighted by Crippen LogP contribution is 2.45. The Morgan fingerprint density at radius 3 is 2.78 bits per heavy atom. The number of likely N-dealkylation sites (tertiary alicyclic amines) is 1. The van der Waals surface area contributed by atoms with Gasteiger partial charge in [-0.3, -0.25) is 4.90 Å². The van der Waals surface area contributed by atoms with Gasteiger partial charge in [0.25, 0.3) is 0 Å². The summed E-state index contributed by atoms with van der Waals surface area (Å²) in [5.41, 5.74) is 0. The number of thiophene rings is 1. The van der Waals surface area contributed by atoms with Crippen LogP contribution in [0, 0.1) is 5.92 Å². The summed E-state index contributed by atoms with van der Waals surface area (Å²) in [7, 11) is 2.09. The molecule has 1 aliphatic carbocycles. The second kappa shape index (κ2) is 5.32. The van der Waals surface area contributed by atoms with E-state index in [9.17, 15) is 0 Å². The van der Waals surface area contributed by atoms with Crippen molar-refractivity contribution in [3.05, 3.63) is 21.9 Å². The standard InChI is InChI=1S/C15H24N2S/c1-3-13-6-7-14(18-13)15-11(10-16-2)8-9-17(15)12-4-5-12/h6-7,11-12,15-16H,3-5,8-10H2,1-2H3. The lowest BCUT2D eigenvalue weighted by molar-refractivity contribution is 0.221. The van der Waals surface area contributed by atoms with Crippen LogP contribution in [0.1, 0.15) is 42.0 Å². The fourth-order valence-corrected chi connectivity index (χ4v) is 4.48. The van der Waals surface area contributed by atoms with E-state index in [1.165, 1.54) is 37.1 Å². The molecule has 1 N–H and O–H groups in total. The zero-order valence-electron chi connectivity index (χ0n) is 11.5. The zero-order valence-corrected chi connectivity index (χ0v) is 12.3. The molecule has 2 atom stereocenters. The van der Waals surface area contributed by atoms with Crippen LogP contribution in [0.3, 0.4) is 0 Å². The molecule has 1 aliphatic heterocycles. The Labute approximate surface area is 114 Å². The van der Waals surface area contributed by atoms with Crippen LogP contribution in [0.5, 0.6) is 0 Å². The number of hydrogen-bond donors (Lipinski definition) is 1. The zero-order chi connectivity index (χ0) is 12.5. The first-order valence-corrected chi connectivity index (χ1v) is 8.14. The molecular formula is C15H24N2S. The first-order chi connectivity index (χ1) is 8.83. The number of nitrogens with one attached hydrogen (secondary N) is 1. The van der Waals surface area contributed by atoms with Gasteiger partial charge in [0.1, 0.15) is 0 Å². The lowest BCUT2D eigenvalue weighted by Gasteiger charge is -2.27. The van der Waals surface area contributed by atoms with Gasteiger partial charge in [0.05, 0.1) is 0 Å². The fourth-order valence-electron chi connectivity index (χ4n) is 3.31. The molecule has 0 spiro atoms. The van der Waals surface area contributed by atoms with Crippen LogP contribution in [-0.2, 0) is 6.42 Å². The van der Waals surface area contributed by atoms with E-state index < -0.39 is 0 Å². The second-order valence-corrected chi connectivity index (χ2v) is 6.88. The third-order valence-corrected chi connectivity index (χ3v) is 5.67. The minimum atomic E-state index is 0.690. The Morgan fingerprint density at radius 1 is 1.33 bits per heavy atom. The Hall–Kier alpha value is -0.380. The first kappa shape index (κ1) is 12.6. The summed E-state index contributed by atoms with van der Waals surface area (Å²) in [6.45, 7) is 4.72. The van der Waals surface area contributed by atoms with Crippen molar-refractivity contribution in [1.82, 2.24) is 10.2 Å². The van der Waals surface area contributed by atoms with Crippen molar-refractivity contribution in [3.63, 3.8) is 0 Å². The molecule has 2 nitrogen and oxygen atoms in total. The minimum Gasteiger partial charge on any atom is -0.319 e. The van der Waals surface area contributed by atoms with Crippen molar-refractivity contribution >= 4 is 11.3 Å². The molecule has 2 fully saturated rings. The van der Waals surface area contributed by atoms with Gasteiger partial charge in [0.15, 0.2) is 0 Å². The normalized spacial score (nSPS) is 29.0. The van der Waals surface area contributed by atoms with Crippen LogP contribution in [0.2, 0.25) is 0 Å². The molecule has 18 heavy (non-hydrogen) atoms. The van der Waals surface area contributed by atoms with E-state index >= 15 is 0 Å². The Morgan fingerprint density at radius 2 is 2.17 bits per heavy atom. The van der Waals surface area contributed by atoms with E-state index in [1.807, 2.05) is 11.3 Å². The molecule has 0 bridgehead atoms. The predicted molar refractivity (Wildman–Crippen MR) is 78.2 cm³/mol. The van der Waals surface area contributed by atoms with Crippen LogP contribution in [0.15, 0.2) is 12.1 Å². The maximum Gasteiger partial charge on any atom is 0.0485 e. The van der Waals surface area contributed by atoms with Crippen LogP contribution in [0.25, 0.3) is 0 Å². The Bertz CT molecular complexity index is 397. The highest BCUT2D eigenvalue weighted by molar-refractivity contribution is 7.12. The van der Waals surface area contributed by atoms with E-state index in [0.29, 0.717) is 6.04 Å². The van der Waals surface area contributed by atoms with Crippen molar-refractivity contribution in [3.8, 4) is 0 Å². The molecule has 0 radical (unpaired) electrons. The van der Waals surface area contributed by atoms with Gasteiger partial charge >= 0.3 is 0 Å². The number of rotatable bonds is 5. The molecule has 3 heteroatoms. The summed E-state index contributed by atoms with van der Waals surface area (Å²) in [6.07, 6.45) is 5.39. The molecular weight excluding hydrogens is 240 g/mol. The van der Waals surface area contributed by atoms with Crippen LogP contribution in [0.4, 0.5) is 0 Å². The fraction of sp³-hybridized carbons (Fsp3) is 0.733. The van der Waals surface area contributed by atoms with Crippen molar-refractivity contribution in [1.29, 1.82) is 0 Å². The third-order valence-electron chi connectivity index (χ3n) is 4.37. The number of hydrogen-bond acceptors (Lipinski definition) is 3. The van der Waals surface area contributed by atoms with Crippen molar-refractivity contribution in [2.75, 3.05) is 20.1 Å². The largest absolute Gasteiger partial charge is 0.319 e. The molecule has 100 valence electrons.